The van der Waals surface area contributed by atoms with Crippen molar-refractivity contribution >= 4 is 9.53 Å². The van der Waals surface area contributed by atoms with E-state index >= 15 is 0 Å². The van der Waals surface area contributed by atoms with Crippen LogP contribution in [0.25, 0.3) is 0 Å². The average molecular weight is 410 g/mol. The average Bonchev–Trinajstić information content (AvgIpc) is 2.45. The van der Waals surface area contributed by atoms with Gasteiger partial charge in [0.15, 0.2) is 0 Å². The summed E-state index contributed by atoms with van der Waals surface area (Å²) in [6.45, 7) is 3.56. The van der Waals surface area contributed by atoms with Crippen LogP contribution in [0.1, 0.15) is 33.1 Å². The molecule has 0 aromatic heterocycles. The lowest BCUT2D eigenvalue weighted by molar-refractivity contribution is -0.396. The van der Waals surface area contributed by atoms with Gasteiger partial charge in [0.2, 0.25) is 0 Å². The van der Waals surface area contributed by atoms with Crippen LogP contribution in [-0.2, 0) is 13.3 Å². The highest BCUT2D eigenvalue weighted by atomic mass is 28.3. The highest BCUT2D eigenvalue weighted by molar-refractivity contribution is 6.36. The fourth-order valence-corrected chi connectivity index (χ4v) is 2.80. The molecule has 0 rings (SSSR count). The summed E-state index contributed by atoms with van der Waals surface area (Å²) in [4.78, 5) is 0. The van der Waals surface area contributed by atoms with Crippen molar-refractivity contribution in [3.63, 3.8) is 0 Å². The van der Waals surface area contributed by atoms with Crippen LogP contribution >= 0.6 is 0 Å². The molecular weight excluding hydrogens is 391 g/mol. The number of hydrogen-bond donors (Lipinski definition) is 0. The third-order valence-corrected chi connectivity index (χ3v) is 4.67. The molecule has 0 spiro atoms. The Balaban J connectivity index is 4.58. The van der Waals surface area contributed by atoms with Gasteiger partial charge in [0.1, 0.15) is 0 Å². The Morgan fingerprint density at radius 1 is 0.680 bits per heavy atom. The third kappa shape index (κ3) is 6.29. The first-order chi connectivity index (χ1) is 11.2. The molecule has 0 saturated heterocycles. The van der Waals surface area contributed by atoms with E-state index in [9.17, 15) is 39.5 Å². The van der Waals surface area contributed by atoms with Crippen molar-refractivity contribution in [2.24, 2.45) is 0 Å². The van der Waals surface area contributed by atoms with E-state index in [0.29, 0.717) is 0 Å². The quantitative estimate of drug-likeness (QED) is 0.271. The Morgan fingerprint density at radius 3 is 1.56 bits per heavy atom. The Hall–Kier alpha value is -0.533. The van der Waals surface area contributed by atoms with E-state index in [4.69, 9.17) is 13.3 Å². The Bertz CT molecular complexity index is 385. The fraction of sp³-hybridized carbons (Fsp3) is 1.00. The van der Waals surface area contributed by atoms with Gasteiger partial charge in [-0.05, 0) is 26.7 Å². The molecule has 0 radical (unpaired) electrons. The molecule has 0 aliphatic heterocycles. The summed E-state index contributed by atoms with van der Waals surface area (Å²) in [6, 6.07) is 0. The van der Waals surface area contributed by atoms with Crippen molar-refractivity contribution in [1.82, 2.24) is 0 Å². The molecule has 0 amide bonds. The molecule has 0 heterocycles. The second kappa shape index (κ2) is 9.42. The summed E-state index contributed by atoms with van der Waals surface area (Å²) in [5, 5.41) is 0. The molecule has 0 aliphatic rings. The molecule has 0 atom stereocenters. The van der Waals surface area contributed by atoms with Gasteiger partial charge in [-0.1, -0.05) is 0 Å². The first-order valence-corrected chi connectivity index (χ1v) is 8.71. The van der Waals surface area contributed by atoms with E-state index in [-0.39, 0.29) is 26.2 Å². The lowest BCUT2D eigenvalue weighted by Gasteiger charge is -2.33. The van der Waals surface area contributed by atoms with Gasteiger partial charge in [-0.3, -0.25) is 0 Å². The monoisotopic (exact) mass is 410 g/mol. The van der Waals surface area contributed by atoms with Crippen molar-refractivity contribution in [3.05, 3.63) is 0 Å². The summed E-state index contributed by atoms with van der Waals surface area (Å²) >= 11 is 0. The minimum atomic E-state index is -6.85. The molecule has 0 unspecified atom stereocenters. The first kappa shape index (κ1) is 24.5. The number of hydrogen-bond acceptors (Lipinski definition) is 3. The van der Waals surface area contributed by atoms with E-state index < -0.39 is 46.3 Å². The second-order valence-corrected chi connectivity index (χ2v) is 6.46. The molecule has 0 aliphatic carbocycles. The van der Waals surface area contributed by atoms with Gasteiger partial charge in [-0.25, -0.2) is 0 Å². The summed E-state index contributed by atoms with van der Waals surface area (Å²) in [5.74, 6) is -18.9. The maximum absolute atomic E-state index is 13.2. The Labute approximate surface area is 140 Å². The van der Waals surface area contributed by atoms with Crippen LogP contribution in [-0.4, -0.2) is 53.3 Å². The number of halogens is 9. The zero-order valence-electron chi connectivity index (χ0n) is 13.4. The largest absolute Gasteiger partial charge is 0.484 e. The van der Waals surface area contributed by atoms with Crippen LogP contribution < -0.4 is 0 Å². The van der Waals surface area contributed by atoms with Crippen LogP contribution in [0.15, 0.2) is 0 Å². The maximum Gasteiger partial charge on any atom is 0.484 e. The predicted octanol–water partition coefficient (Wildman–Crippen LogP) is 4.43. The first-order valence-electron chi connectivity index (χ1n) is 7.29. The lowest BCUT2D eigenvalue weighted by Crippen LogP contribution is -2.60. The van der Waals surface area contributed by atoms with Crippen LogP contribution in [0.3, 0.4) is 0 Å². The van der Waals surface area contributed by atoms with E-state index in [0.717, 1.165) is 0 Å². The topological polar surface area (TPSA) is 27.7 Å². The van der Waals surface area contributed by atoms with Gasteiger partial charge in [0.25, 0.3) is 0 Å². The molecule has 0 aromatic carbocycles. The minimum Gasteiger partial charge on any atom is -0.376 e. The normalized spacial score (nSPS) is 14.4. The molecule has 152 valence electrons. The van der Waals surface area contributed by atoms with Crippen LogP contribution in [0, 0.1) is 0 Å². The number of alkyl halides is 9. The molecule has 0 N–H and O–H groups in total. The minimum absolute atomic E-state index is 0.242. The molecule has 0 bridgehead atoms. The molecular formula is C12H19F9O3Si. The van der Waals surface area contributed by atoms with Gasteiger partial charge in [-0.2, -0.15) is 39.5 Å². The van der Waals surface area contributed by atoms with Crippen LogP contribution in [0.2, 0.25) is 0 Å². The highest BCUT2D eigenvalue weighted by Gasteiger charge is 2.81. The summed E-state index contributed by atoms with van der Waals surface area (Å²) in [5.41, 5.74) is 0. The van der Waals surface area contributed by atoms with Crippen molar-refractivity contribution in [2.75, 3.05) is 19.8 Å². The SMILES string of the molecule is CCO[SiH](OCC)OCCCCC(F)(F)C(F)(F)C(F)(F)C(F)(F)F. The standard InChI is InChI=1S/C12H19F9O3Si/c1-3-22-25(23-4-2)24-8-6-5-7-9(13,14)10(15,16)11(17,18)12(19,20)21/h25H,3-8H2,1-2H3. The van der Waals surface area contributed by atoms with E-state index in [2.05, 4.69) is 0 Å². The van der Waals surface area contributed by atoms with E-state index in [1.165, 1.54) is 0 Å². The highest BCUT2D eigenvalue weighted by Crippen LogP contribution is 2.54. The van der Waals surface area contributed by atoms with Crippen molar-refractivity contribution in [2.45, 2.75) is 57.1 Å². The lowest BCUT2D eigenvalue weighted by atomic mass is 9.99. The number of rotatable bonds is 12. The smallest absolute Gasteiger partial charge is 0.376 e. The van der Waals surface area contributed by atoms with E-state index in [1.807, 2.05) is 0 Å². The Kier molecular flexibility index (Phi) is 9.22. The summed E-state index contributed by atoms with van der Waals surface area (Å²) in [7, 11) is -2.51. The van der Waals surface area contributed by atoms with E-state index in [1.54, 1.807) is 13.8 Å². The molecule has 25 heavy (non-hydrogen) atoms. The molecule has 0 saturated carbocycles. The van der Waals surface area contributed by atoms with Crippen molar-refractivity contribution in [1.29, 1.82) is 0 Å². The fourth-order valence-electron chi connectivity index (χ4n) is 1.61. The van der Waals surface area contributed by atoms with Gasteiger partial charge in [-0.15, -0.1) is 0 Å². The number of unbranched alkanes of at least 4 members (excludes halogenated alkanes) is 1. The van der Waals surface area contributed by atoms with Crippen LogP contribution in [0.5, 0.6) is 0 Å². The summed E-state index contributed by atoms with van der Waals surface area (Å²) < 4.78 is 129. The van der Waals surface area contributed by atoms with Gasteiger partial charge < -0.3 is 13.3 Å². The van der Waals surface area contributed by atoms with Crippen LogP contribution in [0.4, 0.5) is 39.5 Å². The predicted molar refractivity (Wildman–Crippen MR) is 71.1 cm³/mol. The molecule has 0 aromatic rings. The molecule has 0 fully saturated rings. The summed E-state index contributed by atoms with van der Waals surface area (Å²) in [6.07, 6.45) is -9.68. The zero-order chi connectivity index (χ0) is 19.9. The third-order valence-electron chi connectivity index (χ3n) is 2.95. The zero-order valence-corrected chi connectivity index (χ0v) is 14.6. The van der Waals surface area contributed by atoms with Gasteiger partial charge >= 0.3 is 33.5 Å². The molecule has 3 nitrogen and oxygen atoms in total. The van der Waals surface area contributed by atoms with Crippen molar-refractivity contribution in [3.8, 4) is 0 Å². The van der Waals surface area contributed by atoms with Gasteiger partial charge in [0.05, 0.1) is 0 Å². The Morgan fingerprint density at radius 2 is 1.16 bits per heavy atom. The second-order valence-electron chi connectivity index (χ2n) is 4.88. The molecule has 13 heteroatoms. The van der Waals surface area contributed by atoms with Gasteiger partial charge in [0, 0.05) is 26.2 Å². The van der Waals surface area contributed by atoms with Crippen molar-refractivity contribution < 1.29 is 52.8 Å². The maximum atomic E-state index is 13.2.